The average molecular weight is 615 g/mol. The molecule has 0 saturated carbocycles. The number of fused-ring (bicyclic) bond motifs is 1. The van der Waals surface area contributed by atoms with Crippen molar-refractivity contribution in [2.75, 3.05) is 42.9 Å². The number of hydrogen-bond donors (Lipinski definition) is 3. The highest BCUT2D eigenvalue weighted by atomic mass is 16.4. The molecule has 238 valence electrons. The summed E-state index contributed by atoms with van der Waals surface area (Å²) in [6.45, 7) is 12.3. The minimum atomic E-state index is -1.16. The Kier molecular flexibility index (Phi) is 9.94. The van der Waals surface area contributed by atoms with E-state index in [9.17, 15) is 14.7 Å². The van der Waals surface area contributed by atoms with Gasteiger partial charge in [0.25, 0.3) is 5.56 Å². The molecule has 3 aromatic heterocycles. The van der Waals surface area contributed by atoms with E-state index in [1.165, 1.54) is 10.9 Å². The molecular formula is C33H42N8O4. The molecule has 5 rings (SSSR count). The number of aliphatic carboxylic acids is 1. The van der Waals surface area contributed by atoms with E-state index in [4.69, 9.17) is 10.1 Å². The summed E-state index contributed by atoms with van der Waals surface area (Å²) in [6.07, 6.45) is 7.33. The summed E-state index contributed by atoms with van der Waals surface area (Å²) in [5.74, 6) is 0.0827. The number of carboxylic acid groups (broad SMARTS) is 1. The Balaban J connectivity index is 1.25. The average Bonchev–Trinajstić information content (AvgIpc) is 3.29. The van der Waals surface area contributed by atoms with Crippen LogP contribution in [0, 0.1) is 0 Å². The first-order chi connectivity index (χ1) is 21.6. The highest BCUT2D eigenvalue weighted by Crippen LogP contribution is 2.24. The first kappa shape index (κ1) is 31.9. The number of allylic oxidation sites excluding steroid dienone is 1. The number of nitrogens with zero attached hydrogens (tertiary/aromatic N) is 7. The third kappa shape index (κ3) is 7.76. The summed E-state index contributed by atoms with van der Waals surface area (Å²) in [5.41, 5.74) is 1.43. The zero-order valence-corrected chi connectivity index (χ0v) is 26.0. The van der Waals surface area contributed by atoms with Crippen molar-refractivity contribution in [3.63, 3.8) is 0 Å². The van der Waals surface area contributed by atoms with E-state index in [0.29, 0.717) is 28.5 Å². The summed E-state index contributed by atoms with van der Waals surface area (Å²) in [6, 6.07) is 13.5. The van der Waals surface area contributed by atoms with E-state index < -0.39 is 11.6 Å². The number of pyridine rings is 1. The second kappa shape index (κ2) is 14.0. The lowest BCUT2D eigenvalue weighted by molar-refractivity contribution is -0.137. The lowest BCUT2D eigenvalue weighted by Gasteiger charge is -2.36. The van der Waals surface area contributed by atoms with Crippen LogP contribution in [0.2, 0.25) is 0 Å². The van der Waals surface area contributed by atoms with E-state index in [0.717, 1.165) is 69.8 Å². The lowest BCUT2D eigenvalue weighted by Crippen LogP contribution is -2.46. The van der Waals surface area contributed by atoms with E-state index in [2.05, 4.69) is 43.8 Å². The maximum Gasteiger partial charge on any atom is 0.303 e. The van der Waals surface area contributed by atoms with Gasteiger partial charge in [-0.15, -0.1) is 6.58 Å². The van der Waals surface area contributed by atoms with Gasteiger partial charge in [-0.1, -0.05) is 25.0 Å². The van der Waals surface area contributed by atoms with E-state index in [1.807, 2.05) is 12.1 Å². The molecule has 1 aliphatic heterocycles. The monoisotopic (exact) mass is 614 g/mol. The number of carboxylic acids is 1. The third-order valence-corrected chi connectivity index (χ3v) is 8.03. The van der Waals surface area contributed by atoms with Gasteiger partial charge in [-0.25, -0.2) is 19.3 Å². The number of rotatable bonds is 14. The van der Waals surface area contributed by atoms with Crippen molar-refractivity contribution < 1.29 is 15.0 Å². The first-order valence-electron chi connectivity index (χ1n) is 15.5. The summed E-state index contributed by atoms with van der Waals surface area (Å²) < 4.78 is 3.15. The Morgan fingerprint density at radius 1 is 1.02 bits per heavy atom. The summed E-state index contributed by atoms with van der Waals surface area (Å²) in [7, 11) is 0. The summed E-state index contributed by atoms with van der Waals surface area (Å²) in [5, 5.41) is 22.9. The fourth-order valence-electron chi connectivity index (χ4n) is 5.57. The van der Waals surface area contributed by atoms with Crippen molar-refractivity contribution in [2.24, 2.45) is 0 Å². The van der Waals surface area contributed by atoms with Gasteiger partial charge < -0.3 is 20.4 Å². The minimum absolute atomic E-state index is 0.247. The normalized spacial score (nSPS) is 14.2. The van der Waals surface area contributed by atoms with Crippen LogP contribution in [-0.4, -0.2) is 78.1 Å². The van der Waals surface area contributed by atoms with Crippen LogP contribution in [0.3, 0.4) is 0 Å². The lowest BCUT2D eigenvalue weighted by atomic mass is 10.1. The standard InChI is InChI=1S/C33H42N8O4/c1-4-17-40-31(44)26-23-34-32(37-30(26)41(40)28-11-9-10-27(36-28)33(2,3)45)35-24-13-15-25(16-14-24)39-21-19-38(20-22-39)18-8-6-5-7-12-29(42)43/h4,9-11,13-16,23,45H,1,5-8,12,17-22H2,2-3H3,(H,42,43)(H,34,35,37). The smallest absolute Gasteiger partial charge is 0.303 e. The van der Waals surface area contributed by atoms with Crippen LogP contribution in [0.1, 0.15) is 51.6 Å². The predicted molar refractivity (Wildman–Crippen MR) is 175 cm³/mol. The molecule has 3 N–H and O–H groups in total. The van der Waals surface area contributed by atoms with E-state index in [-0.39, 0.29) is 18.5 Å². The zero-order chi connectivity index (χ0) is 32.0. The Hall–Kier alpha value is -4.55. The molecule has 1 saturated heterocycles. The third-order valence-electron chi connectivity index (χ3n) is 8.03. The number of aromatic nitrogens is 5. The Bertz CT molecular complexity index is 1680. The molecule has 12 nitrogen and oxygen atoms in total. The quantitative estimate of drug-likeness (QED) is 0.139. The van der Waals surface area contributed by atoms with Gasteiger partial charge in [0.1, 0.15) is 11.0 Å². The second-order valence-corrected chi connectivity index (χ2v) is 11.9. The van der Waals surface area contributed by atoms with Crippen molar-refractivity contribution in [3.05, 3.63) is 77.4 Å². The number of aliphatic hydroxyl groups is 1. The molecule has 0 atom stereocenters. The molecule has 0 aliphatic carbocycles. The summed E-state index contributed by atoms with van der Waals surface area (Å²) in [4.78, 5) is 42.5. The Morgan fingerprint density at radius 2 is 1.76 bits per heavy atom. The molecule has 0 spiro atoms. The molecule has 4 heterocycles. The SMILES string of the molecule is C=CCn1c(=O)c2cnc(Nc3ccc(N4CCN(CCCCCCC(=O)O)CC4)cc3)nc2n1-c1cccc(C(C)(C)O)n1. The van der Waals surface area contributed by atoms with Gasteiger partial charge in [-0.3, -0.25) is 14.5 Å². The summed E-state index contributed by atoms with van der Waals surface area (Å²) >= 11 is 0. The number of anilines is 3. The molecule has 0 bridgehead atoms. The van der Waals surface area contributed by atoms with E-state index in [1.54, 1.807) is 42.8 Å². The van der Waals surface area contributed by atoms with Crippen molar-refractivity contribution >= 4 is 34.3 Å². The maximum atomic E-state index is 13.3. The Morgan fingerprint density at radius 3 is 2.44 bits per heavy atom. The molecular weight excluding hydrogens is 572 g/mol. The predicted octanol–water partition coefficient (Wildman–Crippen LogP) is 4.29. The van der Waals surface area contributed by atoms with Gasteiger partial charge in [0.05, 0.1) is 12.2 Å². The van der Waals surface area contributed by atoms with Crippen LogP contribution in [0.15, 0.2) is 66.1 Å². The van der Waals surface area contributed by atoms with Gasteiger partial charge in [0.15, 0.2) is 11.5 Å². The number of hydrogen-bond acceptors (Lipinski definition) is 9. The first-order valence-corrected chi connectivity index (χ1v) is 15.5. The molecule has 12 heteroatoms. The van der Waals surface area contributed by atoms with Gasteiger partial charge in [-0.05, 0) is 69.6 Å². The number of benzene rings is 1. The highest BCUT2D eigenvalue weighted by molar-refractivity contribution is 5.77. The number of piperazine rings is 1. The van der Waals surface area contributed by atoms with Crippen LogP contribution < -0.4 is 15.8 Å². The highest BCUT2D eigenvalue weighted by Gasteiger charge is 2.22. The van der Waals surface area contributed by atoms with Crippen molar-refractivity contribution in [1.82, 2.24) is 29.2 Å². The maximum absolute atomic E-state index is 13.3. The van der Waals surface area contributed by atoms with E-state index >= 15 is 0 Å². The molecule has 1 aromatic carbocycles. The molecule has 45 heavy (non-hydrogen) atoms. The van der Waals surface area contributed by atoms with Crippen LogP contribution >= 0.6 is 0 Å². The second-order valence-electron chi connectivity index (χ2n) is 11.9. The molecule has 0 amide bonds. The van der Waals surface area contributed by atoms with Crippen LogP contribution in [0.5, 0.6) is 0 Å². The number of nitrogens with one attached hydrogen (secondary N) is 1. The van der Waals surface area contributed by atoms with Crippen LogP contribution in [-0.2, 0) is 16.9 Å². The molecule has 4 aromatic rings. The number of unbranched alkanes of at least 4 members (excludes halogenated alkanes) is 3. The van der Waals surface area contributed by atoms with Crippen LogP contribution in [0.4, 0.5) is 17.3 Å². The molecule has 1 aliphatic rings. The fourth-order valence-corrected chi connectivity index (χ4v) is 5.57. The van der Waals surface area contributed by atoms with Crippen molar-refractivity contribution in [3.8, 4) is 5.82 Å². The largest absolute Gasteiger partial charge is 0.481 e. The molecule has 0 radical (unpaired) electrons. The minimum Gasteiger partial charge on any atom is -0.481 e. The zero-order valence-electron chi connectivity index (χ0n) is 26.0. The Labute approximate surface area is 262 Å². The van der Waals surface area contributed by atoms with Gasteiger partial charge >= 0.3 is 5.97 Å². The fraction of sp³-hybridized carbons (Fsp3) is 0.424. The topological polar surface area (TPSA) is 142 Å². The van der Waals surface area contributed by atoms with Crippen LogP contribution in [0.25, 0.3) is 16.9 Å². The van der Waals surface area contributed by atoms with Crippen molar-refractivity contribution in [2.45, 2.75) is 58.1 Å². The van der Waals surface area contributed by atoms with Gasteiger partial charge in [0.2, 0.25) is 5.95 Å². The van der Waals surface area contributed by atoms with Crippen molar-refractivity contribution in [1.29, 1.82) is 0 Å². The molecule has 1 fully saturated rings. The van der Waals surface area contributed by atoms with Gasteiger partial charge in [0, 0.05) is 50.2 Å². The van der Waals surface area contributed by atoms with Gasteiger partial charge in [-0.2, -0.15) is 4.98 Å². The molecule has 0 unspecified atom stereocenters. The number of carbonyl (C=O) groups is 1.